The highest BCUT2D eigenvalue weighted by atomic mass is 16.3. The molecule has 0 aliphatic carbocycles. The number of benzene rings is 9. The van der Waals surface area contributed by atoms with Crippen LogP contribution in [0.5, 0.6) is 0 Å². The van der Waals surface area contributed by atoms with E-state index in [0.717, 1.165) is 32.9 Å². The molecule has 49 heavy (non-hydrogen) atoms. The fraction of sp³-hybridized carbons (Fsp3) is 0. The van der Waals surface area contributed by atoms with E-state index in [9.17, 15) is 0 Å². The van der Waals surface area contributed by atoms with Crippen LogP contribution in [0.2, 0.25) is 0 Å². The molecule has 1 aromatic heterocycles. The molecular formula is C48H30O. The predicted octanol–water partition coefficient (Wildman–Crippen LogP) is 13.7. The van der Waals surface area contributed by atoms with Crippen LogP contribution in [0.4, 0.5) is 0 Å². The molecule has 10 rings (SSSR count). The van der Waals surface area contributed by atoms with E-state index in [-0.39, 0.29) is 0 Å². The molecule has 0 radical (unpaired) electrons. The van der Waals surface area contributed by atoms with Gasteiger partial charge >= 0.3 is 0 Å². The van der Waals surface area contributed by atoms with Gasteiger partial charge in [-0.15, -0.1) is 0 Å². The zero-order chi connectivity index (χ0) is 32.3. The molecule has 10 aromatic rings. The van der Waals surface area contributed by atoms with Crippen molar-refractivity contribution >= 4 is 54.3 Å². The minimum Gasteiger partial charge on any atom is -0.455 e. The van der Waals surface area contributed by atoms with Crippen LogP contribution in [0.25, 0.3) is 98.8 Å². The van der Waals surface area contributed by atoms with Crippen LogP contribution >= 0.6 is 0 Å². The molecule has 0 unspecified atom stereocenters. The van der Waals surface area contributed by atoms with Gasteiger partial charge in [-0.2, -0.15) is 0 Å². The average molecular weight is 623 g/mol. The van der Waals surface area contributed by atoms with Gasteiger partial charge in [0.2, 0.25) is 0 Å². The lowest BCUT2D eigenvalue weighted by molar-refractivity contribution is 0.673. The van der Waals surface area contributed by atoms with Crippen LogP contribution in [0, 0.1) is 0 Å². The Labute approximate surface area is 284 Å². The summed E-state index contributed by atoms with van der Waals surface area (Å²) in [5.41, 5.74) is 11.4. The Balaban J connectivity index is 1.34. The second-order valence-electron chi connectivity index (χ2n) is 12.8. The summed E-state index contributed by atoms with van der Waals surface area (Å²) in [5.74, 6) is 0. The highest BCUT2D eigenvalue weighted by molar-refractivity contribution is 6.27. The first-order valence-corrected chi connectivity index (χ1v) is 16.8. The van der Waals surface area contributed by atoms with Crippen molar-refractivity contribution in [2.75, 3.05) is 0 Å². The van der Waals surface area contributed by atoms with Gasteiger partial charge in [-0.3, -0.25) is 0 Å². The lowest BCUT2D eigenvalue weighted by atomic mass is 9.83. The third kappa shape index (κ3) is 4.40. The summed E-state index contributed by atoms with van der Waals surface area (Å²) >= 11 is 0. The summed E-state index contributed by atoms with van der Waals surface area (Å²) in [6.45, 7) is 0. The Morgan fingerprint density at radius 3 is 1.51 bits per heavy atom. The molecule has 0 fully saturated rings. The number of fused-ring (bicyclic) bond motifs is 7. The molecule has 9 aromatic carbocycles. The Morgan fingerprint density at radius 1 is 0.306 bits per heavy atom. The molecule has 228 valence electrons. The van der Waals surface area contributed by atoms with Crippen LogP contribution in [0.15, 0.2) is 186 Å². The summed E-state index contributed by atoms with van der Waals surface area (Å²) in [4.78, 5) is 0. The maximum Gasteiger partial charge on any atom is 0.143 e. The van der Waals surface area contributed by atoms with E-state index in [1.165, 1.54) is 65.9 Å². The predicted molar refractivity (Wildman–Crippen MR) is 208 cm³/mol. The normalized spacial score (nSPS) is 11.7. The first-order chi connectivity index (χ1) is 24.3. The van der Waals surface area contributed by atoms with Gasteiger partial charge in [-0.1, -0.05) is 158 Å². The van der Waals surface area contributed by atoms with E-state index < -0.39 is 0 Å². The second-order valence-corrected chi connectivity index (χ2v) is 12.8. The first-order valence-electron chi connectivity index (χ1n) is 16.8. The van der Waals surface area contributed by atoms with Gasteiger partial charge in [-0.25, -0.2) is 0 Å². The zero-order valence-electron chi connectivity index (χ0n) is 26.7. The van der Waals surface area contributed by atoms with Gasteiger partial charge in [0.25, 0.3) is 0 Å². The maximum atomic E-state index is 6.86. The van der Waals surface area contributed by atoms with E-state index >= 15 is 0 Å². The van der Waals surface area contributed by atoms with Gasteiger partial charge < -0.3 is 4.42 Å². The van der Waals surface area contributed by atoms with Crippen LogP contribution in [-0.2, 0) is 0 Å². The molecule has 0 spiro atoms. The molecule has 0 amide bonds. The molecule has 1 nitrogen and oxygen atoms in total. The summed E-state index contributed by atoms with van der Waals surface area (Å²) in [6, 6.07) is 65.7. The van der Waals surface area contributed by atoms with Gasteiger partial charge in [0.05, 0.1) is 0 Å². The van der Waals surface area contributed by atoms with Gasteiger partial charge in [0.15, 0.2) is 0 Å². The van der Waals surface area contributed by atoms with Crippen molar-refractivity contribution in [2.24, 2.45) is 0 Å². The zero-order valence-corrected chi connectivity index (χ0v) is 26.7. The summed E-state index contributed by atoms with van der Waals surface area (Å²) < 4.78 is 6.86. The summed E-state index contributed by atoms with van der Waals surface area (Å²) in [6.07, 6.45) is 0. The van der Waals surface area contributed by atoms with Crippen molar-refractivity contribution in [3.63, 3.8) is 0 Å². The van der Waals surface area contributed by atoms with Crippen molar-refractivity contribution in [1.29, 1.82) is 0 Å². The van der Waals surface area contributed by atoms with Crippen molar-refractivity contribution in [1.82, 2.24) is 0 Å². The standard InChI is InChI=1S/C48H30O/c1-3-14-31(15-4-1)34-19-13-20-35(28-34)45-38-22-9-11-24-40(38)46(41-25-12-10-23-39(41)45)43-29-36(32-16-5-2-6-17-32)30-44-47(43)42-27-26-33-18-7-8-21-37(33)48(42)49-44/h1-30H. The second kappa shape index (κ2) is 11.1. The molecule has 0 saturated carbocycles. The number of hydrogen-bond acceptors (Lipinski definition) is 1. The largest absolute Gasteiger partial charge is 0.455 e. The molecule has 0 N–H and O–H groups in total. The fourth-order valence-corrected chi connectivity index (χ4v) is 7.84. The monoisotopic (exact) mass is 622 g/mol. The van der Waals surface area contributed by atoms with Crippen molar-refractivity contribution < 1.29 is 4.42 Å². The molecule has 1 heterocycles. The van der Waals surface area contributed by atoms with Crippen LogP contribution in [0.1, 0.15) is 0 Å². The highest BCUT2D eigenvalue weighted by Crippen LogP contribution is 2.49. The third-order valence-electron chi connectivity index (χ3n) is 10.0. The van der Waals surface area contributed by atoms with E-state index in [4.69, 9.17) is 4.42 Å². The first kappa shape index (κ1) is 27.7. The maximum absolute atomic E-state index is 6.86. The fourth-order valence-electron chi connectivity index (χ4n) is 7.84. The Kier molecular flexibility index (Phi) is 6.25. The molecule has 1 heteroatoms. The van der Waals surface area contributed by atoms with Crippen molar-refractivity contribution in [3.8, 4) is 44.5 Å². The Morgan fingerprint density at radius 2 is 0.837 bits per heavy atom. The lowest BCUT2D eigenvalue weighted by Gasteiger charge is -2.19. The van der Waals surface area contributed by atoms with E-state index in [0.29, 0.717) is 0 Å². The number of furan rings is 1. The van der Waals surface area contributed by atoms with Crippen molar-refractivity contribution in [2.45, 2.75) is 0 Å². The summed E-state index contributed by atoms with van der Waals surface area (Å²) in [5, 5.41) is 9.51. The Bertz CT molecular complexity index is 2800. The quantitative estimate of drug-likeness (QED) is 0.178. The van der Waals surface area contributed by atoms with E-state index in [2.05, 4.69) is 182 Å². The molecule has 0 atom stereocenters. The minimum atomic E-state index is 0.899. The summed E-state index contributed by atoms with van der Waals surface area (Å²) in [7, 11) is 0. The molecule has 0 bridgehead atoms. The topological polar surface area (TPSA) is 13.1 Å². The van der Waals surface area contributed by atoms with E-state index in [1.807, 2.05) is 0 Å². The smallest absolute Gasteiger partial charge is 0.143 e. The minimum absolute atomic E-state index is 0.899. The average Bonchev–Trinajstić information content (AvgIpc) is 3.57. The lowest BCUT2D eigenvalue weighted by Crippen LogP contribution is -1.92. The third-order valence-corrected chi connectivity index (χ3v) is 10.0. The number of rotatable bonds is 4. The molecule has 0 aliphatic rings. The van der Waals surface area contributed by atoms with Gasteiger partial charge in [0, 0.05) is 16.2 Å². The molecule has 0 saturated heterocycles. The van der Waals surface area contributed by atoms with Crippen LogP contribution < -0.4 is 0 Å². The molecule has 0 aliphatic heterocycles. The van der Waals surface area contributed by atoms with Crippen LogP contribution in [0.3, 0.4) is 0 Å². The SMILES string of the molecule is c1ccc(-c2cccc(-c3c4ccccc4c(-c4cc(-c5ccccc5)cc5oc6c7ccccc7ccc6c45)c4ccccc34)c2)cc1. The van der Waals surface area contributed by atoms with Crippen LogP contribution in [-0.4, -0.2) is 0 Å². The molecular weight excluding hydrogens is 593 g/mol. The van der Waals surface area contributed by atoms with E-state index in [1.54, 1.807) is 0 Å². The number of hydrogen-bond donors (Lipinski definition) is 0. The Hall–Kier alpha value is -6.44. The van der Waals surface area contributed by atoms with Gasteiger partial charge in [0.1, 0.15) is 11.2 Å². The highest BCUT2D eigenvalue weighted by Gasteiger charge is 2.22. The van der Waals surface area contributed by atoms with Gasteiger partial charge in [-0.05, 0) is 95.7 Å². The van der Waals surface area contributed by atoms with Crippen molar-refractivity contribution in [3.05, 3.63) is 182 Å².